The van der Waals surface area contributed by atoms with Gasteiger partial charge in [-0.3, -0.25) is 10.00 Å². The number of halogens is 4. The molecule has 2 N–H and O–H groups in total. The molecule has 1 amide bonds. The summed E-state index contributed by atoms with van der Waals surface area (Å²) < 4.78 is 53.1. The molecule has 0 spiro atoms. The number of ether oxygens (including phenoxy) is 2. The maximum atomic E-state index is 14.0. The quantitative estimate of drug-likeness (QED) is 0.216. The molecule has 14 heteroatoms. The monoisotopic (exact) mass is 649 g/mol. The molecule has 1 atom stereocenters. The van der Waals surface area contributed by atoms with Gasteiger partial charge < -0.3 is 19.5 Å². The van der Waals surface area contributed by atoms with Crippen molar-refractivity contribution in [1.82, 2.24) is 20.1 Å². The average molecular weight is 650 g/mol. The molecule has 0 radical (unpaired) electrons. The van der Waals surface area contributed by atoms with Crippen LogP contribution in [0.3, 0.4) is 0 Å². The highest BCUT2D eigenvalue weighted by molar-refractivity contribution is 7.17. The van der Waals surface area contributed by atoms with E-state index < -0.39 is 23.4 Å². The third kappa shape index (κ3) is 6.95. The first kappa shape index (κ1) is 31.6. The van der Waals surface area contributed by atoms with Crippen LogP contribution < -0.4 is 4.90 Å². The Morgan fingerprint density at radius 3 is 2.68 bits per heavy atom. The summed E-state index contributed by atoms with van der Waals surface area (Å²) in [5, 5.41) is 19.2. The Morgan fingerprint density at radius 1 is 1.20 bits per heavy atom. The molecule has 1 aliphatic heterocycles. The number of aromatic hydroxyl groups is 1. The molecule has 3 heterocycles. The van der Waals surface area contributed by atoms with E-state index in [0.29, 0.717) is 35.9 Å². The lowest BCUT2D eigenvalue weighted by molar-refractivity contribution is -0.137. The predicted molar refractivity (Wildman–Crippen MR) is 164 cm³/mol. The SMILES string of the molecule is COC[C@@H]1CN(c2nc(O)c(C(=Cc3ccc(Cl)cc3C(F)(F)F)c3ccc4[nH]ncc4c3)s2)CCN1C(=O)OC(C)(C)C. The Labute approximate surface area is 260 Å². The van der Waals surface area contributed by atoms with Crippen LogP contribution in [0.1, 0.15) is 42.3 Å². The first-order valence-corrected chi connectivity index (χ1v) is 14.9. The molecule has 9 nitrogen and oxygen atoms in total. The molecule has 0 bridgehead atoms. The normalized spacial score (nSPS) is 16.5. The largest absolute Gasteiger partial charge is 0.492 e. The van der Waals surface area contributed by atoms with Gasteiger partial charge in [-0.1, -0.05) is 35.1 Å². The van der Waals surface area contributed by atoms with Crippen LogP contribution in [-0.4, -0.2) is 76.3 Å². The van der Waals surface area contributed by atoms with Gasteiger partial charge in [-0.05, 0) is 62.2 Å². The van der Waals surface area contributed by atoms with E-state index in [1.54, 1.807) is 57.2 Å². The highest BCUT2D eigenvalue weighted by atomic mass is 35.5. The van der Waals surface area contributed by atoms with Crippen molar-refractivity contribution in [2.75, 3.05) is 38.3 Å². The topological polar surface area (TPSA) is 104 Å². The fourth-order valence-corrected chi connectivity index (χ4v) is 6.19. The molecule has 44 heavy (non-hydrogen) atoms. The van der Waals surface area contributed by atoms with Crippen LogP contribution in [0, 0.1) is 0 Å². The lowest BCUT2D eigenvalue weighted by Gasteiger charge is -2.41. The highest BCUT2D eigenvalue weighted by Gasteiger charge is 2.36. The van der Waals surface area contributed by atoms with Gasteiger partial charge in [0.25, 0.3) is 0 Å². The summed E-state index contributed by atoms with van der Waals surface area (Å²) in [6, 6.07) is 8.48. The lowest BCUT2D eigenvalue weighted by atomic mass is 9.98. The lowest BCUT2D eigenvalue weighted by Crippen LogP contribution is -2.57. The molecule has 1 fully saturated rings. The number of alkyl halides is 3. The van der Waals surface area contributed by atoms with E-state index in [1.165, 1.54) is 18.2 Å². The van der Waals surface area contributed by atoms with Gasteiger partial charge in [-0.25, -0.2) is 4.79 Å². The van der Waals surface area contributed by atoms with Gasteiger partial charge in [0.2, 0.25) is 5.88 Å². The Morgan fingerprint density at radius 2 is 1.98 bits per heavy atom. The van der Waals surface area contributed by atoms with Crippen molar-refractivity contribution in [3.8, 4) is 5.88 Å². The van der Waals surface area contributed by atoms with Crippen molar-refractivity contribution >= 4 is 56.7 Å². The summed E-state index contributed by atoms with van der Waals surface area (Å²) in [6.07, 6.45) is -2.13. The molecular formula is C30H31ClF3N5O4S. The maximum Gasteiger partial charge on any atom is 0.417 e. The van der Waals surface area contributed by atoms with Crippen LogP contribution in [-0.2, 0) is 15.7 Å². The van der Waals surface area contributed by atoms with Gasteiger partial charge >= 0.3 is 12.3 Å². The number of carbonyl (C=O) groups excluding carboxylic acids is 1. The number of rotatable bonds is 6. The Kier molecular flexibility index (Phi) is 8.83. The maximum absolute atomic E-state index is 14.0. The first-order chi connectivity index (χ1) is 20.7. The molecule has 2 aromatic heterocycles. The van der Waals surface area contributed by atoms with Gasteiger partial charge in [0.15, 0.2) is 5.13 Å². The number of fused-ring (bicyclic) bond motifs is 1. The van der Waals surface area contributed by atoms with Crippen molar-refractivity contribution < 1.29 is 32.5 Å². The summed E-state index contributed by atoms with van der Waals surface area (Å²) in [5.74, 6) is -0.330. The Balaban J connectivity index is 1.54. The Hall–Kier alpha value is -3.81. The predicted octanol–water partition coefficient (Wildman–Crippen LogP) is 7.06. The van der Waals surface area contributed by atoms with Crippen LogP contribution in [0.25, 0.3) is 22.6 Å². The number of nitrogens with one attached hydrogen (secondary N) is 1. The number of aromatic nitrogens is 3. The zero-order chi connectivity index (χ0) is 31.8. The molecule has 0 aliphatic carbocycles. The van der Waals surface area contributed by atoms with E-state index in [0.717, 1.165) is 28.3 Å². The van der Waals surface area contributed by atoms with E-state index in [4.69, 9.17) is 21.1 Å². The van der Waals surface area contributed by atoms with Crippen molar-refractivity contribution in [2.24, 2.45) is 0 Å². The highest BCUT2D eigenvalue weighted by Crippen LogP contribution is 2.43. The minimum absolute atomic E-state index is 0.0464. The van der Waals surface area contributed by atoms with Gasteiger partial charge in [0.05, 0.1) is 29.9 Å². The third-order valence-corrected chi connectivity index (χ3v) is 8.33. The molecule has 0 saturated carbocycles. The van der Waals surface area contributed by atoms with Gasteiger partial charge in [-0.2, -0.15) is 23.3 Å². The second-order valence-electron chi connectivity index (χ2n) is 11.3. The summed E-state index contributed by atoms with van der Waals surface area (Å²) in [4.78, 5) is 21.1. The molecule has 0 unspecified atom stereocenters. The van der Waals surface area contributed by atoms with Crippen molar-refractivity contribution in [1.29, 1.82) is 0 Å². The van der Waals surface area contributed by atoms with Crippen LogP contribution in [0.5, 0.6) is 5.88 Å². The number of piperazine rings is 1. The number of amides is 1. The van der Waals surface area contributed by atoms with Gasteiger partial charge in [0, 0.05) is 42.7 Å². The second kappa shape index (κ2) is 12.3. The summed E-state index contributed by atoms with van der Waals surface area (Å²) in [6.45, 7) is 6.68. The zero-order valence-electron chi connectivity index (χ0n) is 24.4. The van der Waals surface area contributed by atoms with Crippen molar-refractivity contribution in [2.45, 2.75) is 38.6 Å². The van der Waals surface area contributed by atoms with E-state index in [9.17, 15) is 23.1 Å². The molecule has 1 aliphatic rings. The van der Waals surface area contributed by atoms with Crippen molar-refractivity contribution in [3.05, 3.63) is 69.2 Å². The first-order valence-electron chi connectivity index (χ1n) is 13.7. The van der Waals surface area contributed by atoms with Crippen LogP contribution in [0.2, 0.25) is 5.02 Å². The standard InChI is InChI=1S/C30H31ClF3N5O4S/c1-29(2,3)43-28(41)39-10-9-38(15-21(39)16-42-4)27-36-26(40)25(44-27)22(17-6-8-24-19(11-17)14-35-37-24)12-18-5-7-20(31)13-23(18)30(32,33)34/h5-8,11-14,21,40H,9-10,15-16H2,1-4H3,(H,35,37)/t21-/m0/s1. The molecule has 5 rings (SSSR count). The fourth-order valence-electron chi connectivity index (χ4n) is 4.98. The third-order valence-electron chi connectivity index (χ3n) is 6.95. The zero-order valence-corrected chi connectivity index (χ0v) is 26.0. The number of carbonyl (C=O) groups is 1. The van der Waals surface area contributed by atoms with Crippen LogP contribution in [0.15, 0.2) is 42.6 Å². The molecule has 1 saturated heterocycles. The smallest absolute Gasteiger partial charge is 0.417 e. The van der Waals surface area contributed by atoms with E-state index in [-0.39, 0.29) is 34.0 Å². The number of hydrogen-bond acceptors (Lipinski definition) is 8. The summed E-state index contributed by atoms with van der Waals surface area (Å²) >= 11 is 7.07. The Bertz CT molecular complexity index is 1700. The van der Waals surface area contributed by atoms with Gasteiger partial charge in [0.1, 0.15) is 10.5 Å². The summed E-state index contributed by atoms with van der Waals surface area (Å²) in [7, 11) is 1.54. The van der Waals surface area contributed by atoms with Gasteiger partial charge in [-0.15, -0.1) is 0 Å². The molecule has 2 aromatic carbocycles. The van der Waals surface area contributed by atoms with Crippen molar-refractivity contribution in [3.63, 3.8) is 0 Å². The second-order valence-corrected chi connectivity index (χ2v) is 12.8. The van der Waals surface area contributed by atoms with Crippen LogP contribution >= 0.6 is 22.9 Å². The van der Waals surface area contributed by atoms with E-state index in [2.05, 4.69) is 15.2 Å². The minimum Gasteiger partial charge on any atom is -0.492 e. The average Bonchev–Trinajstić information content (AvgIpc) is 3.57. The van der Waals surface area contributed by atoms with E-state index in [1.807, 2.05) is 4.90 Å². The summed E-state index contributed by atoms with van der Waals surface area (Å²) in [5.41, 5.74) is -0.0547. The number of H-pyrrole nitrogens is 1. The fraction of sp³-hybridized carbons (Fsp3) is 0.367. The minimum atomic E-state index is -4.67. The number of nitrogens with zero attached hydrogens (tertiary/aromatic N) is 4. The molecule has 234 valence electrons. The number of aromatic amines is 1. The molecule has 4 aromatic rings. The number of anilines is 1. The van der Waals surface area contributed by atoms with E-state index >= 15 is 0 Å². The number of hydrogen-bond donors (Lipinski definition) is 2. The number of benzene rings is 2. The number of thiazole rings is 1. The number of methoxy groups -OCH3 is 1. The van der Waals surface area contributed by atoms with Crippen LogP contribution in [0.4, 0.5) is 23.1 Å². The molecular weight excluding hydrogens is 619 g/mol.